The van der Waals surface area contributed by atoms with Crippen LogP contribution in [0.1, 0.15) is 11.3 Å². The Morgan fingerprint density at radius 2 is 2.05 bits per heavy atom. The number of thiazole rings is 1. The molecule has 0 fully saturated rings. The number of ether oxygens (including phenoxy) is 1. The van der Waals surface area contributed by atoms with Gasteiger partial charge in [-0.1, -0.05) is 41.7 Å². The molecule has 21 heavy (non-hydrogen) atoms. The maximum Gasteiger partial charge on any atom is 0.413 e. The monoisotopic (exact) mass is 327 g/mol. The maximum atomic E-state index is 11.6. The first-order chi connectivity index (χ1) is 9.86. The van der Waals surface area contributed by atoms with Crippen LogP contribution in [0, 0.1) is 6.92 Å². The van der Waals surface area contributed by atoms with Gasteiger partial charge in [0.1, 0.15) is 6.61 Å². The number of amides is 1. The molecular formula is C12H13N3O4S2. The van der Waals surface area contributed by atoms with E-state index in [1.54, 1.807) is 0 Å². The molecule has 0 saturated heterocycles. The minimum atomic E-state index is -3.84. The summed E-state index contributed by atoms with van der Waals surface area (Å²) in [4.78, 5) is 15.5. The smallest absolute Gasteiger partial charge is 0.413 e. The lowest BCUT2D eigenvalue weighted by atomic mass is 10.2. The molecular weight excluding hydrogens is 314 g/mol. The third-order valence-corrected chi connectivity index (χ3v) is 5.06. The summed E-state index contributed by atoms with van der Waals surface area (Å²) in [6.45, 7) is 1.61. The number of aromatic nitrogens is 1. The molecule has 0 aliphatic rings. The van der Waals surface area contributed by atoms with Crippen molar-refractivity contribution >= 4 is 32.6 Å². The number of benzene rings is 1. The van der Waals surface area contributed by atoms with Gasteiger partial charge in [-0.25, -0.2) is 23.3 Å². The van der Waals surface area contributed by atoms with Crippen molar-refractivity contribution in [2.45, 2.75) is 17.7 Å². The second-order valence-electron chi connectivity index (χ2n) is 4.12. The third kappa shape index (κ3) is 4.25. The zero-order chi connectivity index (χ0) is 15.5. The topological polar surface area (TPSA) is 111 Å². The number of anilines is 1. The van der Waals surface area contributed by atoms with Crippen LogP contribution in [0.4, 0.5) is 9.93 Å². The van der Waals surface area contributed by atoms with Crippen LogP contribution in [0.5, 0.6) is 0 Å². The van der Waals surface area contributed by atoms with Crippen molar-refractivity contribution in [3.8, 4) is 0 Å². The Bertz CT molecular complexity index is 741. The number of aryl methyl sites for hydroxylation is 1. The van der Waals surface area contributed by atoms with Gasteiger partial charge in [0.15, 0.2) is 9.34 Å². The van der Waals surface area contributed by atoms with Crippen LogP contribution in [0.2, 0.25) is 0 Å². The highest BCUT2D eigenvalue weighted by Gasteiger charge is 2.18. The highest BCUT2D eigenvalue weighted by atomic mass is 32.2. The molecule has 0 spiro atoms. The molecule has 2 aromatic rings. The van der Waals surface area contributed by atoms with Crippen molar-refractivity contribution in [2.24, 2.45) is 5.14 Å². The number of sulfonamides is 1. The second kappa shape index (κ2) is 6.20. The summed E-state index contributed by atoms with van der Waals surface area (Å²) in [5, 5.41) is 7.53. The Morgan fingerprint density at radius 1 is 1.38 bits per heavy atom. The molecule has 112 valence electrons. The Hall–Kier alpha value is -1.97. The highest BCUT2D eigenvalue weighted by molar-refractivity contribution is 7.91. The number of nitrogens with one attached hydrogen (secondary N) is 1. The van der Waals surface area contributed by atoms with E-state index in [2.05, 4.69) is 10.3 Å². The number of hydrogen-bond donors (Lipinski definition) is 2. The molecule has 1 heterocycles. The van der Waals surface area contributed by atoms with E-state index in [1.165, 1.54) is 6.92 Å². The van der Waals surface area contributed by atoms with Gasteiger partial charge in [-0.15, -0.1) is 0 Å². The summed E-state index contributed by atoms with van der Waals surface area (Å²) in [7, 11) is -3.84. The molecule has 0 unspecified atom stereocenters. The van der Waals surface area contributed by atoms with Crippen LogP contribution in [0.15, 0.2) is 34.5 Å². The Labute approximate surface area is 125 Å². The summed E-state index contributed by atoms with van der Waals surface area (Å²) < 4.78 is 27.5. The van der Waals surface area contributed by atoms with Crippen molar-refractivity contribution < 1.29 is 17.9 Å². The normalized spacial score (nSPS) is 11.1. The molecule has 1 amide bonds. The van der Waals surface area contributed by atoms with Crippen LogP contribution in [-0.2, 0) is 21.4 Å². The molecule has 2 rings (SSSR count). The van der Waals surface area contributed by atoms with Gasteiger partial charge in [0.2, 0.25) is 10.0 Å². The molecule has 0 radical (unpaired) electrons. The van der Waals surface area contributed by atoms with Gasteiger partial charge in [0.05, 0.1) is 5.69 Å². The van der Waals surface area contributed by atoms with E-state index in [-0.39, 0.29) is 21.6 Å². The summed E-state index contributed by atoms with van der Waals surface area (Å²) in [5.41, 5.74) is 1.08. The molecule has 1 aromatic heterocycles. The van der Waals surface area contributed by atoms with Crippen LogP contribution in [-0.4, -0.2) is 19.5 Å². The minimum Gasteiger partial charge on any atom is -0.444 e. The summed E-state index contributed by atoms with van der Waals surface area (Å²) >= 11 is 0.780. The molecule has 0 saturated carbocycles. The van der Waals surface area contributed by atoms with E-state index in [1.807, 2.05) is 30.3 Å². The number of hydrogen-bond acceptors (Lipinski definition) is 6. The van der Waals surface area contributed by atoms with Crippen molar-refractivity contribution in [3.63, 3.8) is 0 Å². The van der Waals surface area contributed by atoms with Gasteiger partial charge in [0, 0.05) is 0 Å². The summed E-state index contributed by atoms with van der Waals surface area (Å²) in [6.07, 6.45) is -0.714. The number of nitrogens with two attached hydrogens (primary N) is 1. The van der Waals surface area contributed by atoms with Gasteiger partial charge >= 0.3 is 6.09 Å². The lowest BCUT2D eigenvalue weighted by Gasteiger charge is -2.04. The predicted molar refractivity (Wildman–Crippen MR) is 78.5 cm³/mol. The van der Waals surface area contributed by atoms with E-state index in [4.69, 9.17) is 9.88 Å². The molecule has 0 atom stereocenters. The van der Waals surface area contributed by atoms with E-state index >= 15 is 0 Å². The Balaban J connectivity index is 1.97. The van der Waals surface area contributed by atoms with Crippen LogP contribution in [0.25, 0.3) is 0 Å². The van der Waals surface area contributed by atoms with Crippen LogP contribution >= 0.6 is 11.3 Å². The average Bonchev–Trinajstić information content (AvgIpc) is 2.78. The Morgan fingerprint density at radius 3 is 2.62 bits per heavy atom. The number of carbonyl (C=O) groups excluding carboxylic acids is 1. The van der Waals surface area contributed by atoms with Gasteiger partial charge in [-0.2, -0.15) is 0 Å². The van der Waals surface area contributed by atoms with Gasteiger partial charge in [-0.3, -0.25) is 5.32 Å². The van der Waals surface area contributed by atoms with Gasteiger partial charge in [0.25, 0.3) is 0 Å². The first-order valence-corrected chi connectivity index (χ1v) is 8.20. The fourth-order valence-corrected chi connectivity index (χ4v) is 3.39. The fourth-order valence-electron chi connectivity index (χ4n) is 1.55. The van der Waals surface area contributed by atoms with Crippen molar-refractivity contribution in [3.05, 3.63) is 41.6 Å². The standard InChI is InChI=1S/C12H13N3O4S2/c1-8-10(21(13,17)18)20-11(14-8)15-12(16)19-7-9-5-3-2-4-6-9/h2-6H,7H2,1H3,(H2,13,17,18)(H,14,15,16). The van der Waals surface area contributed by atoms with Crippen molar-refractivity contribution in [1.29, 1.82) is 0 Å². The lowest BCUT2D eigenvalue weighted by Crippen LogP contribution is -2.13. The zero-order valence-electron chi connectivity index (χ0n) is 11.1. The average molecular weight is 327 g/mol. The molecule has 1 aromatic carbocycles. The number of rotatable bonds is 4. The number of primary sulfonamides is 1. The number of nitrogens with zero attached hydrogens (tertiary/aromatic N) is 1. The highest BCUT2D eigenvalue weighted by Crippen LogP contribution is 2.25. The first kappa shape index (κ1) is 15.4. The quantitative estimate of drug-likeness (QED) is 0.890. The zero-order valence-corrected chi connectivity index (χ0v) is 12.7. The fraction of sp³-hybridized carbons (Fsp3) is 0.167. The van der Waals surface area contributed by atoms with Crippen molar-refractivity contribution in [2.75, 3.05) is 5.32 Å². The molecule has 3 N–H and O–H groups in total. The van der Waals surface area contributed by atoms with E-state index < -0.39 is 16.1 Å². The summed E-state index contributed by atoms with van der Waals surface area (Å²) in [6, 6.07) is 9.16. The van der Waals surface area contributed by atoms with E-state index in [9.17, 15) is 13.2 Å². The van der Waals surface area contributed by atoms with Crippen molar-refractivity contribution in [1.82, 2.24) is 4.98 Å². The largest absolute Gasteiger partial charge is 0.444 e. The third-order valence-electron chi connectivity index (χ3n) is 2.43. The van der Waals surface area contributed by atoms with E-state index in [0.717, 1.165) is 16.9 Å². The molecule has 0 aliphatic carbocycles. The lowest BCUT2D eigenvalue weighted by molar-refractivity contribution is 0.155. The van der Waals surface area contributed by atoms with E-state index in [0.29, 0.717) is 0 Å². The predicted octanol–water partition coefficient (Wildman–Crippen LogP) is 1.85. The maximum absolute atomic E-state index is 11.6. The Kier molecular flexibility index (Phi) is 4.56. The second-order valence-corrected chi connectivity index (χ2v) is 6.88. The molecule has 9 heteroatoms. The van der Waals surface area contributed by atoms with Crippen LogP contribution < -0.4 is 10.5 Å². The van der Waals surface area contributed by atoms with Gasteiger partial charge in [-0.05, 0) is 12.5 Å². The molecule has 0 bridgehead atoms. The number of carbonyl (C=O) groups is 1. The first-order valence-electron chi connectivity index (χ1n) is 5.84. The SMILES string of the molecule is Cc1nc(NC(=O)OCc2ccccc2)sc1S(N)(=O)=O. The summed E-state index contributed by atoms with van der Waals surface area (Å²) in [5.74, 6) is 0. The minimum absolute atomic E-state index is 0.0825. The molecule has 7 nitrogen and oxygen atoms in total. The van der Waals surface area contributed by atoms with Gasteiger partial charge < -0.3 is 4.74 Å². The van der Waals surface area contributed by atoms with Crippen LogP contribution in [0.3, 0.4) is 0 Å². The molecule has 0 aliphatic heterocycles.